The largest absolute Gasteiger partial charge is 0.490 e. The summed E-state index contributed by atoms with van der Waals surface area (Å²) in [6.45, 7) is 7.41. The molecule has 0 spiro atoms. The zero-order chi connectivity index (χ0) is 23.6. The molecule has 2 aliphatic carbocycles. The van der Waals surface area contributed by atoms with Crippen molar-refractivity contribution in [2.75, 3.05) is 6.61 Å². The molecule has 0 aliphatic heterocycles. The van der Waals surface area contributed by atoms with Gasteiger partial charge >= 0.3 is 0 Å². The second kappa shape index (κ2) is 13.7. The molecule has 3 heteroatoms. The molecule has 0 saturated heterocycles. The maximum atomic E-state index is 14.9. The van der Waals surface area contributed by atoms with Crippen molar-refractivity contribution in [2.24, 2.45) is 23.7 Å². The minimum absolute atomic E-state index is 0.0766. The first kappa shape index (κ1) is 26.5. The summed E-state index contributed by atoms with van der Waals surface area (Å²) >= 11 is 0. The molecule has 1 aromatic carbocycles. The molecule has 2 aliphatic rings. The van der Waals surface area contributed by atoms with Crippen molar-refractivity contribution in [1.82, 2.24) is 0 Å². The number of rotatable bonds is 12. The summed E-state index contributed by atoms with van der Waals surface area (Å²) in [6, 6.07) is 3.44. The van der Waals surface area contributed by atoms with Crippen LogP contribution in [0.1, 0.15) is 129 Å². The topological polar surface area (TPSA) is 9.23 Å². The van der Waals surface area contributed by atoms with Crippen molar-refractivity contribution >= 4 is 0 Å². The van der Waals surface area contributed by atoms with Crippen molar-refractivity contribution < 1.29 is 13.5 Å². The van der Waals surface area contributed by atoms with Crippen molar-refractivity contribution in [3.05, 3.63) is 29.3 Å². The lowest BCUT2D eigenvalue weighted by Crippen LogP contribution is -2.28. The zero-order valence-electron chi connectivity index (χ0n) is 21.5. The molecule has 1 aromatic rings. The molecule has 0 aromatic heterocycles. The van der Waals surface area contributed by atoms with Gasteiger partial charge in [-0.3, -0.25) is 0 Å². The van der Waals surface area contributed by atoms with Crippen molar-refractivity contribution in [3.63, 3.8) is 0 Å². The molecule has 0 amide bonds. The number of hydrogen-bond acceptors (Lipinski definition) is 1. The van der Waals surface area contributed by atoms with Crippen LogP contribution >= 0.6 is 0 Å². The Bertz CT molecular complexity index is 687. The number of benzene rings is 1. The monoisotopic (exact) mass is 462 g/mol. The molecule has 2 saturated carbocycles. The molecule has 3 rings (SSSR count). The van der Waals surface area contributed by atoms with Crippen LogP contribution in [0.2, 0.25) is 0 Å². The van der Waals surface area contributed by atoms with Crippen LogP contribution in [0.25, 0.3) is 0 Å². The van der Waals surface area contributed by atoms with Crippen molar-refractivity contribution in [2.45, 2.75) is 123 Å². The molecule has 0 radical (unpaired) electrons. The zero-order valence-corrected chi connectivity index (χ0v) is 21.5. The summed E-state index contributed by atoms with van der Waals surface area (Å²) < 4.78 is 35.2. The first-order valence-electron chi connectivity index (χ1n) is 14.2. The Balaban J connectivity index is 1.46. The van der Waals surface area contributed by atoms with E-state index >= 15 is 0 Å². The number of ether oxygens (including phenoxy) is 1. The lowest BCUT2D eigenvalue weighted by Gasteiger charge is -2.39. The maximum absolute atomic E-state index is 14.9. The standard InChI is InChI=1S/C30H48F2O/c1-4-6-7-8-9-21-33-28-20-19-27(29(31)30(28)32)26-17-15-25(16-18-26)22(3)24-13-11-23(10-5-2)12-14-24/h19-20,22-26H,4-18,21H2,1-3H3. The summed E-state index contributed by atoms with van der Waals surface area (Å²) in [7, 11) is 0. The van der Waals surface area contributed by atoms with Crippen LogP contribution in [-0.2, 0) is 0 Å². The Kier molecular flexibility index (Phi) is 11.0. The van der Waals surface area contributed by atoms with Gasteiger partial charge in [0.15, 0.2) is 11.6 Å². The normalized spacial score (nSPS) is 26.8. The van der Waals surface area contributed by atoms with E-state index in [4.69, 9.17) is 4.74 Å². The minimum atomic E-state index is -0.791. The number of hydrogen-bond donors (Lipinski definition) is 0. The maximum Gasteiger partial charge on any atom is 0.200 e. The van der Waals surface area contributed by atoms with E-state index in [1.54, 1.807) is 12.1 Å². The highest BCUT2D eigenvalue weighted by molar-refractivity contribution is 5.33. The van der Waals surface area contributed by atoms with E-state index in [-0.39, 0.29) is 11.7 Å². The number of unbranched alkanes of at least 4 members (excludes halogenated alkanes) is 4. The van der Waals surface area contributed by atoms with Gasteiger partial charge < -0.3 is 4.74 Å². The van der Waals surface area contributed by atoms with E-state index in [0.29, 0.717) is 12.2 Å². The second-order valence-corrected chi connectivity index (χ2v) is 11.1. The van der Waals surface area contributed by atoms with Gasteiger partial charge in [0, 0.05) is 0 Å². The van der Waals surface area contributed by atoms with Gasteiger partial charge in [0.05, 0.1) is 6.61 Å². The third kappa shape index (κ3) is 7.43. The molecule has 1 unspecified atom stereocenters. The van der Waals surface area contributed by atoms with Crippen molar-refractivity contribution in [1.29, 1.82) is 0 Å². The van der Waals surface area contributed by atoms with Gasteiger partial charge in [0.2, 0.25) is 5.82 Å². The Morgan fingerprint density at radius 2 is 1.42 bits per heavy atom. The molecule has 188 valence electrons. The number of halogens is 2. The fourth-order valence-corrected chi connectivity index (χ4v) is 6.61. The van der Waals surface area contributed by atoms with E-state index < -0.39 is 11.6 Å². The van der Waals surface area contributed by atoms with Crippen molar-refractivity contribution in [3.8, 4) is 5.75 Å². The molecular weight excluding hydrogens is 414 g/mol. The molecule has 1 atom stereocenters. The quantitative estimate of drug-likeness (QED) is 0.281. The predicted molar refractivity (Wildman–Crippen MR) is 135 cm³/mol. The lowest BCUT2D eigenvalue weighted by atomic mass is 9.66. The summed E-state index contributed by atoms with van der Waals surface area (Å²) in [4.78, 5) is 0. The van der Waals surface area contributed by atoms with E-state index in [0.717, 1.165) is 62.2 Å². The summed E-state index contributed by atoms with van der Waals surface area (Å²) in [5, 5.41) is 0. The first-order valence-corrected chi connectivity index (χ1v) is 14.2. The van der Waals surface area contributed by atoms with Gasteiger partial charge in [-0.25, -0.2) is 4.39 Å². The SMILES string of the molecule is CCCCCCCOc1ccc(C2CCC(C(C)C3CCC(CCC)CC3)CC2)c(F)c1F. The minimum Gasteiger partial charge on any atom is -0.490 e. The summed E-state index contributed by atoms with van der Waals surface area (Å²) in [5.74, 6) is 2.09. The first-order chi connectivity index (χ1) is 16.0. The fraction of sp³-hybridized carbons (Fsp3) is 0.800. The van der Waals surface area contributed by atoms with Gasteiger partial charge in [-0.05, 0) is 86.2 Å². The van der Waals surface area contributed by atoms with Crippen LogP contribution in [0.5, 0.6) is 5.75 Å². The Morgan fingerprint density at radius 1 is 0.788 bits per heavy atom. The smallest absolute Gasteiger partial charge is 0.200 e. The van der Waals surface area contributed by atoms with Gasteiger partial charge in [0.1, 0.15) is 0 Å². The fourth-order valence-electron chi connectivity index (χ4n) is 6.61. The molecule has 0 N–H and O–H groups in total. The van der Waals surface area contributed by atoms with Crippen LogP contribution < -0.4 is 4.74 Å². The molecular formula is C30H48F2O. The Hall–Kier alpha value is -1.12. The molecule has 33 heavy (non-hydrogen) atoms. The highest BCUT2D eigenvalue weighted by Crippen LogP contribution is 2.45. The van der Waals surface area contributed by atoms with Gasteiger partial charge in [-0.15, -0.1) is 0 Å². The Labute approximate surface area is 202 Å². The second-order valence-electron chi connectivity index (χ2n) is 11.1. The highest BCUT2D eigenvalue weighted by atomic mass is 19.2. The van der Waals surface area contributed by atoms with Gasteiger partial charge in [0.25, 0.3) is 0 Å². The average molecular weight is 463 g/mol. The molecule has 0 bridgehead atoms. The molecule has 1 nitrogen and oxygen atoms in total. The summed E-state index contributed by atoms with van der Waals surface area (Å²) in [5.41, 5.74) is 0.564. The van der Waals surface area contributed by atoms with Crippen LogP contribution in [0.15, 0.2) is 12.1 Å². The average Bonchev–Trinajstić information content (AvgIpc) is 2.84. The van der Waals surface area contributed by atoms with Gasteiger partial charge in [-0.1, -0.05) is 78.2 Å². The van der Waals surface area contributed by atoms with Crippen LogP contribution in [0.4, 0.5) is 8.78 Å². The molecule has 0 heterocycles. The van der Waals surface area contributed by atoms with Crippen LogP contribution in [-0.4, -0.2) is 6.61 Å². The Morgan fingerprint density at radius 3 is 2.06 bits per heavy atom. The van der Waals surface area contributed by atoms with E-state index in [1.807, 2.05) is 0 Å². The lowest BCUT2D eigenvalue weighted by molar-refractivity contribution is 0.131. The van der Waals surface area contributed by atoms with Crippen LogP contribution in [0, 0.1) is 35.3 Å². The highest BCUT2D eigenvalue weighted by Gasteiger charge is 2.33. The molecule has 2 fully saturated rings. The van der Waals surface area contributed by atoms with Gasteiger partial charge in [-0.2, -0.15) is 4.39 Å². The van der Waals surface area contributed by atoms with E-state index in [1.165, 1.54) is 57.8 Å². The van der Waals surface area contributed by atoms with E-state index in [2.05, 4.69) is 20.8 Å². The predicted octanol–water partition coefficient (Wildman–Crippen LogP) is 9.83. The summed E-state index contributed by atoms with van der Waals surface area (Å²) in [6.07, 6.45) is 18.2. The van der Waals surface area contributed by atoms with E-state index in [9.17, 15) is 8.78 Å². The third-order valence-corrected chi connectivity index (χ3v) is 8.87. The third-order valence-electron chi connectivity index (χ3n) is 8.87. The van der Waals surface area contributed by atoms with Crippen LogP contribution in [0.3, 0.4) is 0 Å².